The van der Waals surface area contributed by atoms with Crippen molar-refractivity contribution < 1.29 is 27.8 Å². The van der Waals surface area contributed by atoms with E-state index in [0.29, 0.717) is 22.8 Å². The molecule has 0 saturated heterocycles. The fourth-order valence-electron chi connectivity index (χ4n) is 2.83. The van der Waals surface area contributed by atoms with Crippen LogP contribution in [0.15, 0.2) is 60.7 Å². The molecule has 0 aliphatic carbocycles. The predicted octanol–water partition coefficient (Wildman–Crippen LogP) is 3.28. The largest absolute Gasteiger partial charge is 0.457 e. The van der Waals surface area contributed by atoms with Crippen LogP contribution in [0.1, 0.15) is 11.7 Å². The quantitative estimate of drug-likeness (QED) is 0.470. The lowest BCUT2D eigenvalue weighted by atomic mass is 10.1. The first kappa shape index (κ1) is 23.1. The van der Waals surface area contributed by atoms with Gasteiger partial charge in [-0.25, -0.2) is 17.5 Å². The third-order valence-corrected chi connectivity index (χ3v) is 5.14. The number of aliphatic hydroxyl groups is 2. The van der Waals surface area contributed by atoms with Crippen LogP contribution in [-0.2, 0) is 10.0 Å². The van der Waals surface area contributed by atoms with Gasteiger partial charge in [-0.05, 0) is 60.7 Å². The second kappa shape index (κ2) is 9.71. The highest BCUT2D eigenvalue weighted by molar-refractivity contribution is 7.88. The topological polar surface area (TPSA) is 109 Å². The maximum Gasteiger partial charge on any atom is 0.209 e. The Labute approximate surface area is 184 Å². The molecule has 164 valence electrons. The maximum absolute atomic E-state index is 13.0. The van der Waals surface area contributed by atoms with Gasteiger partial charge in [-0.15, -0.1) is 0 Å². The van der Waals surface area contributed by atoms with E-state index in [4.69, 9.17) is 16.3 Å². The van der Waals surface area contributed by atoms with Crippen LogP contribution in [0.4, 0.5) is 4.39 Å². The molecule has 2 atom stereocenters. The molecule has 0 radical (unpaired) electrons. The van der Waals surface area contributed by atoms with Crippen LogP contribution in [-0.4, -0.2) is 42.6 Å². The molecule has 0 unspecified atom stereocenters. The van der Waals surface area contributed by atoms with Crippen LogP contribution in [0, 0.1) is 5.82 Å². The molecule has 3 rings (SSSR count). The van der Waals surface area contributed by atoms with E-state index in [1.165, 1.54) is 30.3 Å². The van der Waals surface area contributed by atoms with E-state index in [1.54, 1.807) is 30.3 Å². The van der Waals surface area contributed by atoms with Gasteiger partial charge >= 0.3 is 0 Å². The maximum atomic E-state index is 13.0. The number of aromatic nitrogens is 1. The number of aliphatic hydroxyl groups excluding tert-OH is 2. The Hall–Kier alpha value is -2.56. The molecule has 0 fully saturated rings. The molecule has 0 spiro atoms. The number of halogens is 2. The van der Waals surface area contributed by atoms with Crippen molar-refractivity contribution in [2.75, 3.05) is 12.9 Å². The second-order valence-corrected chi connectivity index (χ2v) is 9.01. The van der Waals surface area contributed by atoms with Gasteiger partial charge in [-0.2, -0.15) is 0 Å². The summed E-state index contributed by atoms with van der Waals surface area (Å²) >= 11 is 6.20. The molecular formula is C21H20ClFN2O5S. The SMILES string of the molecule is CS(=O)(=O)N[C@@H](c1cc(Cl)cc(-c2ccc(Oc3ccc(F)cc3)cc2)n1)[C@H](O)CO. The highest BCUT2D eigenvalue weighted by atomic mass is 35.5. The molecule has 1 heterocycles. The Kier molecular flexibility index (Phi) is 7.24. The zero-order chi connectivity index (χ0) is 22.6. The van der Waals surface area contributed by atoms with Gasteiger partial charge in [-0.3, -0.25) is 4.98 Å². The molecule has 0 amide bonds. The van der Waals surface area contributed by atoms with E-state index in [9.17, 15) is 23.0 Å². The molecule has 3 aromatic rings. The molecule has 3 N–H and O–H groups in total. The Morgan fingerprint density at radius 1 is 1.10 bits per heavy atom. The summed E-state index contributed by atoms with van der Waals surface area (Å²) in [4.78, 5) is 4.42. The number of hydrogen-bond donors (Lipinski definition) is 3. The van der Waals surface area contributed by atoms with Crippen molar-refractivity contribution in [3.05, 3.63) is 77.2 Å². The Morgan fingerprint density at radius 2 is 1.68 bits per heavy atom. The lowest BCUT2D eigenvalue weighted by Gasteiger charge is -2.22. The van der Waals surface area contributed by atoms with Crippen molar-refractivity contribution in [3.63, 3.8) is 0 Å². The standard InChI is InChI=1S/C21H20ClFN2O5S/c1-31(28,29)25-21(20(27)12-26)19-11-14(22)10-18(24-19)13-2-6-16(7-3-13)30-17-8-4-15(23)5-9-17/h2-11,20-21,25-27H,12H2,1H3/t20-,21+/m1/s1. The van der Waals surface area contributed by atoms with Crippen LogP contribution >= 0.6 is 11.6 Å². The number of hydrogen-bond acceptors (Lipinski definition) is 6. The zero-order valence-corrected chi connectivity index (χ0v) is 17.9. The lowest BCUT2D eigenvalue weighted by Crippen LogP contribution is -2.38. The summed E-state index contributed by atoms with van der Waals surface area (Å²) in [6.45, 7) is -0.674. The minimum absolute atomic E-state index is 0.154. The van der Waals surface area contributed by atoms with Gasteiger partial charge < -0.3 is 14.9 Å². The molecule has 0 aliphatic rings. The molecule has 0 aliphatic heterocycles. The van der Waals surface area contributed by atoms with Crippen molar-refractivity contribution in [1.82, 2.24) is 9.71 Å². The first-order valence-corrected chi connectivity index (χ1v) is 11.4. The van der Waals surface area contributed by atoms with Gasteiger partial charge in [0.25, 0.3) is 0 Å². The highest BCUT2D eigenvalue weighted by Crippen LogP contribution is 2.29. The molecule has 2 aromatic carbocycles. The van der Waals surface area contributed by atoms with Crippen LogP contribution < -0.4 is 9.46 Å². The molecule has 0 bridgehead atoms. The van der Waals surface area contributed by atoms with Gasteiger partial charge in [0.05, 0.1) is 36.4 Å². The van der Waals surface area contributed by atoms with E-state index >= 15 is 0 Å². The number of sulfonamides is 1. The first-order chi connectivity index (χ1) is 14.6. The third-order valence-electron chi connectivity index (χ3n) is 4.24. The van der Waals surface area contributed by atoms with Crippen LogP contribution in [0.3, 0.4) is 0 Å². The summed E-state index contributed by atoms with van der Waals surface area (Å²) in [7, 11) is -3.70. The van der Waals surface area contributed by atoms with Crippen molar-refractivity contribution in [2.24, 2.45) is 0 Å². The lowest BCUT2D eigenvalue weighted by molar-refractivity contribution is 0.0682. The first-order valence-electron chi connectivity index (χ1n) is 9.12. The Morgan fingerprint density at radius 3 is 2.23 bits per heavy atom. The van der Waals surface area contributed by atoms with Gasteiger partial charge in [0.15, 0.2) is 0 Å². The van der Waals surface area contributed by atoms with Crippen LogP contribution in [0.5, 0.6) is 11.5 Å². The van der Waals surface area contributed by atoms with E-state index in [2.05, 4.69) is 9.71 Å². The summed E-state index contributed by atoms with van der Waals surface area (Å²) in [6.07, 6.45) is -0.477. The zero-order valence-electron chi connectivity index (χ0n) is 16.4. The van der Waals surface area contributed by atoms with Crippen LogP contribution in [0.2, 0.25) is 5.02 Å². The molecule has 0 saturated carbocycles. The number of benzene rings is 2. The van der Waals surface area contributed by atoms with Crippen LogP contribution in [0.25, 0.3) is 11.3 Å². The van der Waals surface area contributed by atoms with Crippen molar-refractivity contribution in [3.8, 4) is 22.8 Å². The number of nitrogens with zero attached hydrogens (tertiary/aromatic N) is 1. The summed E-state index contributed by atoms with van der Waals surface area (Å²) in [5, 5.41) is 19.7. The average molecular weight is 467 g/mol. The summed E-state index contributed by atoms with van der Waals surface area (Å²) in [5.41, 5.74) is 1.24. The van der Waals surface area contributed by atoms with Crippen molar-refractivity contribution in [1.29, 1.82) is 0 Å². The van der Waals surface area contributed by atoms with Crippen molar-refractivity contribution in [2.45, 2.75) is 12.1 Å². The van der Waals surface area contributed by atoms with E-state index in [-0.39, 0.29) is 16.5 Å². The molecule has 7 nitrogen and oxygen atoms in total. The van der Waals surface area contributed by atoms with Gasteiger partial charge in [0.1, 0.15) is 17.3 Å². The third kappa shape index (κ3) is 6.46. The minimum Gasteiger partial charge on any atom is -0.457 e. The van der Waals surface area contributed by atoms with E-state index < -0.39 is 28.8 Å². The number of ether oxygens (including phenoxy) is 1. The number of nitrogens with one attached hydrogen (secondary N) is 1. The fourth-order valence-corrected chi connectivity index (χ4v) is 3.78. The molecule has 31 heavy (non-hydrogen) atoms. The van der Waals surface area contributed by atoms with E-state index in [0.717, 1.165) is 6.26 Å². The second-order valence-electron chi connectivity index (χ2n) is 6.79. The van der Waals surface area contributed by atoms with Crippen molar-refractivity contribution >= 4 is 21.6 Å². The van der Waals surface area contributed by atoms with Gasteiger partial charge in [0, 0.05) is 10.6 Å². The summed E-state index contributed by atoms with van der Waals surface area (Å²) in [6, 6.07) is 14.3. The smallest absolute Gasteiger partial charge is 0.209 e. The Bertz CT molecular complexity index is 1140. The molecule has 1 aromatic heterocycles. The summed E-state index contributed by atoms with van der Waals surface area (Å²) < 4.78 is 44.3. The average Bonchev–Trinajstić information content (AvgIpc) is 2.72. The Balaban J connectivity index is 1.88. The number of pyridine rings is 1. The summed E-state index contributed by atoms with van der Waals surface area (Å²) in [5.74, 6) is 0.635. The fraction of sp³-hybridized carbons (Fsp3) is 0.190. The molecule has 10 heteroatoms. The minimum atomic E-state index is -3.70. The normalized spacial score (nSPS) is 13.6. The van der Waals surface area contributed by atoms with Gasteiger partial charge in [-0.1, -0.05) is 11.6 Å². The monoisotopic (exact) mass is 466 g/mol. The number of rotatable bonds is 8. The van der Waals surface area contributed by atoms with E-state index in [1.807, 2.05) is 0 Å². The highest BCUT2D eigenvalue weighted by Gasteiger charge is 2.26. The predicted molar refractivity (Wildman–Crippen MR) is 115 cm³/mol. The molecular weight excluding hydrogens is 447 g/mol. The van der Waals surface area contributed by atoms with Gasteiger partial charge in [0.2, 0.25) is 10.0 Å².